The summed E-state index contributed by atoms with van der Waals surface area (Å²) in [6.45, 7) is 4.17. The number of hydrogen-bond acceptors (Lipinski definition) is 4. The van der Waals surface area contributed by atoms with Gasteiger partial charge in [-0.15, -0.1) is 0 Å². The summed E-state index contributed by atoms with van der Waals surface area (Å²) in [6.07, 6.45) is 1.34. The van der Waals surface area contributed by atoms with Crippen molar-refractivity contribution in [3.8, 4) is 0 Å². The van der Waals surface area contributed by atoms with Crippen molar-refractivity contribution < 1.29 is 23.1 Å². The first-order valence-corrected chi connectivity index (χ1v) is 8.49. The van der Waals surface area contributed by atoms with Gasteiger partial charge in [0.25, 0.3) is 10.2 Å². The number of carboxylic acid groups (broad SMARTS) is 1. The third-order valence-electron chi connectivity index (χ3n) is 3.41. The molecular formula is C12H23N3O5S. The van der Waals surface area contributed by atoms with Crippen LogP contribution in [0, 0.1) is 5.92 Å². The third-order valence-corrected chi connectivity index (χ3v) is 5.11. The minimum absolute atomic E-state index is 0.148. The average Bonchev–Trinajstić information content (AvgIpc) is 2.44. The summed E-state index contributed by atoms with van der Waals surface area (Å²) in [7, 11) is -3.77. The van der Waals surface area contributed by atoms with Crippen molar-refractivity contribution in [2.75, 3.05) is 19.6 Å². The van der Waals surface area contributed by atoms with Crippen molar-refractivity contribution in [3.05, 3.63) is 0 Å². The zero-order valence-corrected chi connectivity index (χ0v) is 13.1. The molecule has 1 saturated heterocycles. The number of carbonyl (C=O) groups excluding carboxylic acids is 1. The van der Waals surface area contributed by atoms with Crippen LogP contribution in [-0.4, -0.2) is 55.4 Å². The van der Waals surface area contributed by atoms with E-state index in [1.54, 1.807) is 0 Å². The predicted octanol–water partition coefficient (Wildman–Crippen LogP) is -0.468. The molecule has 0 aromatic heterocycles. The Kier molecular flexibility index (Phi) is 6.56. The highest BCUT2D eigenvalue weighted by Gasteiger charge is 2.32. The zero-order valence-electron chi connectivity index (χ0n) is 12.3. The first-order valence-electron chi connectivity index (χ1n) is 7.05. The summed E-state index contributed by atoms with van der Waals surface area (Å²) in [5, 5.41) is 11.5. The van der Waals surface area contributed by atoms with Gasteiger partial charge in [0.2, 0.25) is 5.91 Å². The number of carboxylic acids is 1. The Hall–Kier alpha value is -1.19. The number of carbonyl (C=O) groups is 2. The van der Waals surface area contributed by atoms with Crippen molar-refractivity contribution in [2.45, 2.75) is 39.2 Å². The molecule has 122 valence electrons. The molecule has 1 unspecified atom stereocenters. The van der Waals surface area contributed by atoms with Crippen LogP contribution in [0.3, 0.4) is 0 Å². The van der Waals surface area contributed by atoms with E-state index in [0.29, 0.717) is 6.54 Å². The Bertz CT molecular complexity index is 471. The van der Waals surface area contributed by atoms with Gasteiger partial charge in [0.05, 0.1) is 12.0 Å². The Morgan fingerprint density at radius 3 is 2.38 bits per heavy atom. The van der Waals surface area contributed by atoms with E-state index in [9.17, 15) is 18.0 Å². The van der Waals surface area contributed by atoms with Gasteiger partial charge in [-0.3, -0.25) is 9.59 Å². The van der Waals surface area contributed by atoms with E-state index in [2.05, 4.69) is 10.0 Å². The zero-order chi connectivity index (χ0) is 16.0. The van der Waals surface area contributed by atoms with Crippen LogP contribution in [0.1, 0.15) is 33.1 Å². The fraction of sp³-hybridized carbons (Fsp3) is 0.833. The summed E-state index contributed by atoms with van der Waals surface area (Å²) in [5.41, 5.74) is 0. The van der Waals surface area contributed by atoms with Crippen LogP contribution in [-0.2, 0) is 19.8 Å². The molecule has 0 radical (unpaired) electrons. The van der Waals surface area contributed by atoms with Gasteiger partial charge in [0, 0.05) is 19.6 Å². The summed E-state index contributed by atoms with van der Waals surface area (Å²) in [4.78, 5) is 22.5. The maximum Gasteiger partial charge on any atom is 0.306 e. The van der Waals surface area contributed by atoms with Gasteiger partial charge in [-0.2, -0.15) is 17.4 Å². The Labute approximate surface area is 125 Å². The Morgan fingerprint density at radius 2 is 1.90 bits per heavy atom. The predicted molar refractivity (Wildman–Crippen MR) is 76.8 cm³/mol. The molecule has 1 heterocycles. The van der Waals surface area contributed by atoms with E-state index in [1.165, 1.54) is 11.2 Å². The topological polar surface area (TPSA) is 116 Å². The maximum atomic E-state index is 12.1. The normalized spacial score (nSPS) is 19.1. The molecule has 3 N–H and O–H groups in total. The van der Waals surface area contributed by atoms with Crippen LogP contribution in [0.4, 0.5) is 0 Å². The van der Waals surface area contributed by atoms with Gasteiger partial charge in [0.15, 0.2) is 0 Å². The lowest BCUT2D eigenvalue weighted by molar-refractivity contribution is -0.142. The van der Waals surface area contributed by atoms with Crippen molar-refractivity contribution in [3.63, 3.8) is 0 Å². The first-order chi connectivity index (χ1) is 9.77. The van der Waals surface area contributed by atoms with Crippen molar-refractivity contribution >= 4 is 22.1 Å². The second-order valence-corrected chi connectivity index (χ2v) is 6.85. The van der Waals surface area contributed by atoms with Crippen molar-refractivity contribution in [1.82, 2.24) is 14.3 Å². The highest BCUT2D eigenvalue weighted by molar-refractivity contribution is 7.87. The average molecular weight is 321 g/mol. The van der Waals surface area contributed by atoms with Gasteiger partial charge >= 0.3 is 5.97 Å². The SMILES string of the molecule is CCCNC(=O)C(C)NS(=O)(=O)N1CCC(C(=O)O)CC1. The number of nitrogens with zero attached hydrogens (tertiary/aromatic N) is 1. The Morgan fingerprint density at radius 1 is 1.33 bits per heavy atom. The number of hydrogen-bond donors (Lipinski definition) is 3. The van der Waals surface area contributed by atoms with Gasteiger partial charge < -0.3 is 10.4 Å². The number of aliphatic carboxylic acids is 1. The van der Waals surface area contributed by atoms with Crippen LogP contribution in [0.2, 0.25) is 0 Å². The molecule has 9 heteroatoms. The molecule has 1 aliphatic rings. The summed E-state index contributed by atoms with van der Waals surface area (Å²) in [5.74, 6) is -1.77. The molecule has 0 aromatic rings. The summed E-state index contributed by atoms with van der Waals surface area (Å²) >= 11 is 0. The molecule has 0 aromatic carbocycles. The number of nitrogens with one attached hydrogen (secondary N) is 2. The van der Waals surface area contributed by atoms with E-state index < -0.39 is 28.1 Å². The molecule has 1 fully saturated rings. The maximum absolute atomic E-state index is 12.1. The quantitative estimate of drug-likeness (QED) is 0.586. The van der Waals surface area contributed by atoms with Gasteiger partial charge in [0.1, 0.15) is 0 Å². The van der Waals surface area contributed by atoms with Crippen molar-refractivity contribution in [2.24, 2.45) is 5.92 Å². The number of rotatable bonds is 7. The fourth-order valence-corrected chi connectivity index (χ4v) is 3.49. The lowest BCUT2D eigenvalue weighted by Crippen LogP contribution is -2.52. The lowest BCUT2D eigenvalue weighted by atomic mass is 9.99. The van der Waals surface area contributed by atoms with Crippen LogP contribution in [0.15, 0.2) is 0 Å². The Balaban J connectivity index is 2.54. The van der Waals surface area contributed by atoms with Gasteiger partial charge in [-0.1, -0.05) is 6.92 Å². The molecule has 0 bridgehead atoms. The highest BCUT2D eigenvalue weighted by atomic mass is 32.2. The van der Waals surface area contributed by atoms with Crippen LogP contribution in [0.25, 0.3) is 0 Å². The molecule has 1 rings (SSSR count). The largest absolute Gasteiger partial charge is 0.481 e. The second-order valence-electron chi connectivity index (χ2n) is 5.15. The summed E-state index contributed by atoms with van der Waals surface area (Å²) in [6, 6.07) is -0.862. The van der Waals surface area contributed by atoms with E-state index in [-0.39, 0.29) is 31.8 Å². The van der Waals surface area contributed by atoms with Crippen LogP contribution < -0.4 is 10.0 Å². The lowest BCUT2D eigenvalue weighted by Gasteiger charge is -2.30. The third kappa shape index (κ3) is 5.25. The molecule has 1 aliphatic heterocycles. The molecule has 1 amide bonds. The minimum atomic E-state index is -3.77. The molecule has 21 heavy (non-hydrogen) atoms. The number of piperidine rings is 1. The molecule has 0 spiro atoms. The van der Waals surface area contributed by atoms with Gasteiger partial charge in [-0.25, -0.2) is 0 Å². The van der Waals surface area contributed by atoms with Crippen LogP contribution in [0.5, 0.6) is 0 Å². The van der Waals surface area contributed by atoms with E-state index in [0.717, 1.165) is 6.42 Å². The highest BCUT2D eigenvalue weighted by Crippen LogP contribution is 2.19. The first kappa shape index (κ1) is 17.9. The molecule has 1 atom stereocenters. The van der Waals surface area contributed by atoms with E-state index in [4.69, 9.17) is 5.11 Å². The van der Waals surface area contributed by atoms with Crippen LogP contribution >= 0.6 is 0 Å². The minimum Gasteiger partial charge on any atom is -0.481 e. The monoisotopic (exact) mass is 321 g/mol. The standard InChI is InChI=1S/C12H23N3O5S/c1-3-6-13-11(16)9(2)14-21(19,20)15-7-4-10(5-8-15)12(17)18/h9-10,14H,3-8H2,1-2H3,(H,13,16)(H,17,18). The molecule has 0 aliphatic carbocycles. The second kappa shape index (κ2) is 7.71. The number of amides is 1. The molecular weight excluding hydrogens is 298 g/mol. The molecule has 8 nitrogen and oxygen atoms in total. The fourth-order valence-electron chi connectivity index (χ4n) is 2.10. The van der Waals surface area contributed by atoms with E-state index in [1.807, 2.05) is 6.92 Å². The smallest absolute Gasteiger partial charge is 0.306 e. The van der Waals surface area contributed by atoms with E-state index >= 15 is 0 Å². The van der Waals surface area contributed by atoms with Gasteiger partial charge in [-0.05, 0) is 26.2 Å². The summed E-state index contributed by atoms with van der Waals surface area (Å²) < 4.78 is 27.8. The van der Waals surface area contributed by atoms with Crippen molar-refractivity contribution in [1.29, 1.82) is 0 Å². The molecule has 0 saturated carbocycles.